The summed E-state index contributed by atoms with van der Waals surface area (Å²) in [5, 5.41) is 23.5. The number of halogens is 2. The van der Waals surface area contributed by atoms with Gasteiger partial charge in [-0.15, -0.1) is 12.4 Å². The zero-order chi connectivity index (χ0) is 19.9. The Labute approximate surface area is 172 Å². The molecule has 0 fully saturated rings. The Morgan fingerprint density at radius 2 is 1.41 bits per heavy atom. The second-order valence-corrected chi connectivity index (χ2v) is 8.95. The van der Waals surface area contributed by atoms with E-state index in [1.54, 1.807) is 12.1 Å². The fourth-order valence-corrected chi connectivity index (χ4v) is 2.98. The second-order valence-electron chi connectivity index (χ2n) is 8.54. The largest absolute Gasteiger partial charge is 0.507 e. The molecule has 0 spiro atoms. The maximum absolute atomic E-state index is 11.3. The summed E-state index contributed by atoms with van der Waals surface area (Å²) in [6, 6.07) is 8.60. The third kappa shape index (κ3) is 5.30. The zero-order valence-electron chi connectivity index (χ0n) is 16.5. The van der Waals surface area contributed by atoms with E-state index in [9.17, 15) is 15.0 Å². The summed E-state index contributed by atoms with van der Waals surface area (Å²) in [7, 11) is 0. The van der Waals surface area contributed by atoms with Crippen LogP contribution in [0.1, 0.15) is 63.0 Å². The number of hydrogen-bond donors (Lipinski definition) is 3. The number of nitrogens with one attached hydrogen (secondary N) is 1. The summed E-state index contributed by atoms with van der Waals surface area (Å²) < 4.78 is 0. The lowest BCUT2D eigenvalue weighted by Crippen LogP contribution is -2.17. The Balaban J connectivity index is 0.00000364. The fourth-order valence-electron chi connectivity index (χ4n) is 2.78. The molecule has 27 heavy (non-hydrogen) atoms. The van der Waals surface area contributed by atoms with Crippen molar-refractivity contribution in [3.8, 4) is 5.75 Å². The third-order valence-corrected chi connectivity index (χ3v) is 4.54. The molecule has 2 aromatic carbocycles. The molecular formula is C21H27Cl2NO3. The smallest absolute Gasteiger partial charge is 0.337 e. The average Bonchev–Trinajstić information content (AvgIpc) is 2.48. The number of phenolic OH excluding ortho intramolecular Hbond substituents is 1. The summed E-state index contributed by atoms with van der Waals surface area (Å²) in [6.45, 7) is 12.3. The van der Waals surface area contributed by atoms with Crippen LogP contribution in [0.25, 0.3) is 0 Å². The molecular weight excluding hydrogens is 385 g/mol. The normalized spacial score (nSPS) is 11.7. The number of benzene rings is 2. The Bertz CT molecular complexity index is 814. The standard InChI is InChI=1S/C21H26ClNO3.ClH/c1-20(2,3)15-10-13(11-16(18(15)24)21(4,5)6)23-12-7-8-17(22)14(9-12)19(25)26;/h7-11,23-24H,1-6H3,(H,25,26);1H. The number of aromatic carboxylic acids is 1. The first-order chi connectivity index (χ1) is 11.8. The summed E-state index contributed by atoms with van der Waals surface area (Å²) in [4.78, 5) is 11.3. The first-order valence-corrected chi connectivity index (χ1v) is 8.86. The number of carboxylic acid groups (broad SMARTS) is 1. The van der Waals surface area contributed by atoms with Crippen LogP contribution in [0.3, 0.4) is 0 Å². The minimum absolute atomic E-state index is 0. The molecule has 0 atom stereocenters. The number of phenols is 1. The van der Waals surface area contributed by atoms with Crippen molar-refractivity contribution in [2.24, 2.45) is 0 Å². The van der Waals surface area contributed by atoms with Gasteiger partial charge in [0.15, 0.2) is 0 Å². The molecule has 3 N–H and O–H groups in total. The minimum Gasteiger partial charge on any atom is -0.507 e. The van der Waals surface area contributed by atoms with Crippen molar-refractivity contribution in [2.45, 2.75) is 52.4 Å². The van der Waals surface area contributed by atoms with Gasteiger partial charge >= 0.3 is 5.97 Å². The molecule has 6 heteroatoms. The minimum atomic E-state index is -1.07. The number of hydrogen-bond acceptors (Lipinski definition) is 3. The fraction of sp³-hybridized carbons (Fsp3) is 0.381. The summed E-state index contributed by atoms with van der Waals surface area (Å²) in [5.74, 6) is -0.770. The van der Waals surface area contributed by atoms with Gasteiger partial charge in [0.05, 0.1) is 10.6 Å². The Kier molecular flexibility index (Phi) is 6.85. The van der Waals surface area contributed by atoms with Gasteiger partial charge in [0.25, 0.3) is 0 Å². The van der Waals surface area contributed by atoms with Crippen molar-refractivity contribution in [1.82, 2.24) is 0 Å². The van der Waals surface area contributed by atoms with Crippen LogP contribution in [0.5, 0.6) is 5.75 Å². The Hall–Kier alpha value is -1.91. The maximum Gasteiger partial charge on any atom is 0.337 e. The molecule has 148 valence electrons. The third-order valence-electron chi connectivity index (χ3n) is 4.21. The number of rotatable bonds is 3. The average molecular weight is 412 g/mol. The van der Waals surface area contributed by atoms with Crippen molar-refractivity contribution < 1.29 is 15.0 Å². The van der Waals surface area contributed by atoms with Gasteiger partial charge in [0.1, 0.15) is 5.75 Å². The zero-order valence-corrected chi connectivity index (χ0v) is 18.0. The molecule has 0 heterocycles. The van der Waals surface area contributed by atoms with Gasteiger partial charge in [-0.05, 0) is 41.2 Å². The number of aromatic hydroxyl groups is 1. The van der Waals surface area contributed by atoms with Crippen molar-refractivity contribution >= 4 is 41.4 Å². The molecule has 2 rings (SSSR count). The van der Waals surface area contributed by atoms with Crippen LogP contribution in [0.2, 0.25) is 5.02 Å². The maximum atomic E-state index is 11.3. The van der Waals surface area contributed by atoms with E-state index >= 15 is 0 Å². The molecule has 0 aliphatic heterocycles. The van der Waals surface area contributed by atoms with Crippen LogP contribution in [0, 0.1) is 0 Å². The number of carbonyl (C=O) groups is 1. The van der Waals surface area contributed by atoms with E-state index in [1.807, 2.05) is 53.7 Å². The highest BCUT2D eigenvalue weighted by atomic mass is 35.5. The van der Waals surface area contributed by atoms with Crippen molar-refractivity contribution in [3.05, 3.63) is 52.0 Å². The van der Waals surface area contributed by atoms with E-state index < -0.39 is 5.97 Å². The Morgan fingerprint density at radius 3 is 1.81 bits per heavy atom. The highest BCUT2D eigenvalue weighted by Gasteiger charge is 2.26. The summed E-state index contributed by atoms with van der Waals surface area (Å²) in [6.07, 6.45) is 0. The molecule has 0 amide bonds. The molecule has 0 saturated heterocycles. The lowest BCUT2D eigenvalue weighted by Gasteiger charge is -2.28. The molecule has 0 aromatic heterocycles. The van der Waals surface area contributed by atoms with Crippen molar-refractivity contribution in [3.63, 3.8) is 0 Å². The predicted octanol–water partition coefficient (Wildman–Crippen LogP) is 6.50. The molecule has 0 saturated carbocycles. The molecule has 0 bridgehead atoms. The quantitative estimate of drug-likeness (QED) is 0.503. The molecule has 0 aliphatic rings. The van der Waals surface area contributed by atoms with E-state index in [4.69, 9.17) is 11.6 Å². The van der Waals surface area contributed by atoms with Gasteiger partial charge in [-0.25, -0.2) is 4.79 Å². The second kappa shape index (κ2) is 7.99. The topological polar surface area (TPSA) is 69.6 Å². The van der Waals surface area contributed by atoms with Gasteiger partial charge in [-0.1, -0.05) is 53.1 Å². The van der Waals surface area contributed by atoms with Crippen molar-refractivity contribution in [2.75, 3.05) is 5.32 Å². The van der Waals surface area contributed by atoms with Crippen LogP contribution < -0.4 is 5.32 Å². The molecule has 2 aromatic rings. The first kappa shape index (κ1) is 23.1. The molecule has 4 nitrogen and oxygen atoms in total. The van der Waals surface area contributed by atoms with Crippen LogP contribution in [-0.4, -0.2) is 16.2 Å². The molecule has 0 radical (unpaired) electrons. The van der Waals surface area contributed by atoms with Gasteiger partial charge in [0.2, 0.25) is 0 Å². The van der Waals surface area contributed by atoms with Gasteiger partial charge in [-0.3, -0.25) is 0 Å². The highest BCUT2D eigenvalue weighted by molar-refractivity contribution is 6.33. The summed E-state index contributed by atoms with van der Waals surface area (Å²) in [5.41, 5.74) is 2.64. The lowest BCUT2D eigenvalue weighted by molar-refractivity contribution is 0.0697. The molecule has 0 aliphatic carbocycles. The predicted molar refractivity (Wildman–Crippen MR) is 114 cm³/mol. The lowest BCUT2D eigenvalue weighted by atomic mass is 9.79. The van der Waals surface area contributed by atoms with E-state index in [-0.39, 0.29) is 33.8 Å². The SMILES string of the molecule is CC(C)(C)c1cc(Nc2ccc(Cl)c(C(=O)O)c2)cc(C(C)(C)C)c1O.Cl. The van der Waals surface area contributed by atoms with Crippen LogP contribution in [0.15, 0.2) is 30.3 Å². The highest BCUT2D eigenvalue weighted by Crippen LogP contribution is 2.41. The molecule has 0 unspecified atom stereocenters. The van der Waals surface area contributed by atoms with Crippen LogP contribution in [0.4, 0.5) is 11.4 Å². The summed E-state index contributed by atoms with van der Waals surface area (Å²) >= 11 is 5.94. The van der Waals surface area contributed by atoms with Gasteiger partial charge in [0, 0.05) is 22.5 Å². The van der Waals surface area contributed by atoms with Gasteiger partial charge < -0.3 is 15.5 Å². The van der Waals surface area contributed by atoms with Crippen LogP contribution in [-0.2, 0) is 10.8 Å². The Morgan fingerprint density at radius 1 is 0.926 bits per heavy atom. The van der Waals surface area contributed by atoms with E-state index in [0.717, 1.165) is 16.8 Å². The first-order valence-electron chi connectivity index (χ1n) is 8.48. The van der Waals surface area contributed by atoms with Gasteiger partial charge in [-0.2, -0.15) is 0 Å². The van der Waals surface area contributed by atoms with E-state index in [0.29, 0.717) is 11.4 Å². The van der Waals surface area contributed by atoms with E-state index in [2.05, 4.69) is 5.32 Å². The number of carboxylic acids is 1. The van der Waals surface area contributed by atoms with Crippen LogP contribution >= 0.6 is 24.0 Å². The van der Waals surface area contributed by atoms with Crippen molar-refractivity contribution in [1.29, 1.82) is 0 Å². The number of anilines is 2. The monoisotopic (exact) mass is 411 g/mol. The van der Waals surface area contributed by atoms with E-state index in [1.165, 1.54) is 6.07 Å².